The van der Waals surface area contributed by atoms with Gasteiger partial charge in [0.1, 0.15) is 18.2 Å². The number of piperidine rings is 1. The molecule has 1 aromatic heterocycles. The van der Waals surface area contributed by atoms with Gasteiger partial charge in [-0.15, -0.1) is 0 Å². The molecule has 2 N–H and O–H groups in total. The van der Waals surface area contributed by atoms with Crippen LogP contribution in [0.2, 0.25) is 0 Å². The van der Waals surface area contributed by atoms with E-state index in [0.717, 1.165) is 51.7 Å². The minimum atomic E-state index is -0.276. The first kappa shape index (κ1) is 27.0. The van der Waals surface area contributed by atoms with Gasteiger partial charge in [0, 0.05) is 18.8 Å². The zero-order chi connectivity index (χ0) is 27.0. The second kappa shape index (κ2) is 13.0. The van der Waals surface area contributed by atoms with Crippen molar-refractivity contribution in [1.82, 2.24) is 15.0 Å². The highest BCUT2D eigenvalue weighted by molar-refractivity contribution is 9.11. The Bertz CT molecular complexity index is 1410. The molecule has 0 aliphatic carbocycles. The number of benzene rings is 3. The average molecular weight is 655 g/mol. The molecule has 3 aromatic carbocycles. The van der Waals surface area contributed by atoms with Gasteiger partial charge >= 0.3 is 0 Å². The van der Waals surface area contributed by atoms with E-state index >= 15 is 0 Å². The molecule has 2 heterocycles. The van der Waals surface area contributed by atoms with Crippen LogP contribution in [0, 0.1) is 5.82 Å². The maximum atomic E-state index is 13.2. The number of anilines is 4. The summed E-state index contributed by atoms with van der Waals surface area (Å²) in [7, 11) is 0. The van der Waals surface area contributed by atoms with E-state index in [2.05, 4.69) is 67.6 Å². The van der Waals surface area contributed by atoms with E-state index in [9.17, 15) is 4.39 Å². The van der Waals surface area contributed by atoms with E-state index in [-0.39, 0.29) is 5.82 Å². The minimum Gasteiger partial charge on any atom is -0.487 e. The highest BCUT2D eigenvalue weighted by Gasteiger charge is 2.16. The third-order valence-corrected chi connectivity index (χ3v) is 7.17. The number of ether oxygens (including phenoxy) is 1. The topological polar surface area (TPSA) is 87.6 Å². The second-order valence-electron chi connectivity index (χ2n) is 8.92. The van der Waals surface area contributed by atoms with Crippen molar-refractivity contribution in [3.05, 3.63) is 92.6 Å². The van der Waals surface area contributed by atoms with Crippen molar-refractivity contribution in [2.45, 2.75) is 25.9 Å². The lowest BCUT2D eigenvalue weighted by molar-refractivity contribution is 0.302. The van der Waals surface area contributed by atoms with E-state index in [1.165, 1.54) is 18.6 Å². The highest BCUT2D eigenvalue weighted by Crippen LogP contribution is 2.35. The van der Waals surface area contributed by atoms with Crippen LogP contribution in [0.4, 0.5) is 27.9 Å². The van der Waals surface area contributed by atoms with Crippen LogP contribution in [0.5, 0.6) is 5.75 Å². The predicted molar refractivity (Wildman–Crippen MR) is 159 cm³/mol. The van der Waals surface area contributed by atoms with Gasteiger partial charge in [-0.05, 0) is 98.6 Å². The second-order valence-corrected chi connectivity index (χ2v) is 10.6. The van der Waals surface area contributed by atoms with Gasteiger partial charge in [-0.2, -0.15) is 20.1 Å². The van der Waals surface area contributed by atoms with Gasteiger partial charge in [-0.1, -0.05) is 30.3 Å². The molecule has 0 bridgehead atoms. The normalized spacial score (nSPS) is 13.5. The summed E-state index contributed by atoms with van der Waals surface area (Å²) < 4.78 is 20.6. The molecule has 4 aromatic rings. The monoisotopic (exact) mass is 653 g/mol. The Morgan fingerprint density at radius 1 is 0.897 bits per heavy atom. The van der Waals surface area contributed by atoms with E-state index in [4.69, 9.17) is 4.74 Å². The molecule has 1 fully saturated rings. The first-order valence-corrected chi connectivity index (χ1v) is 14.1. The molecule has 0 radical (unpaired) electrons. The Labute approximate surface area is 243 Å². The van der Waals surface area contributed by atoms with Gasteiger partial charge in [-0.25, -0.2) is 9.82 Å². The smallest absolute Gasteiger partial charge is 0.250 e. The van der Waals surface area contributed by atoms with Crippen LogP contribution in [-0.2, 0) is 6.61 Å². The third-order valence-electron chi connectivity index (χ3n) is 5.99. The standard InChI is InChI=1S/C28H26Br2FN7O/c29-23-15-20(16-24(30)25(23)39-18-19-9-11-21(31)12-10-19)17-32-37-27-34-26(33-22-7-3-1-4-8-22)35-28(36-27)38-13-5-2-6-14-38/h1,3-4,7-12,15-17H,2,5-6,13-14,18H2,(H2,33,34,35,36,37)/b32-17+. The van der Waals surface area contributed by atoms with Crippen molar-refractivity contribution >= 4 is 61.6 Å². The van der Waals surface area contributed by atoms with Crippen LogP contribution in [0.3, 0.4) is 0 Å². The fourth-order valence-electron chi connectivity index (χ4n) is 4.05. The lowest BCUT2D eigenvalue weighted by atomic mass is 10.1. The lowest BCUT2D eigenvalue weighted by Gasteiger charge is -2.26. The fourth-order valence-corrected chi connectivity index (χ4v) is 5.50. The van der Waals surface area contributed by atoms with Crippen molar-refractivity contribution in [2.24, 2.45) is 5.10 Å². The number of para-hydroxylation sites is 1. The van der Waals surface area contributed by atoms with Crippen molar-refractivity contribution in [3.63, 3.8) is 0 Å². The van der Waals surface area contributed by atoms with Crippen molar-refractivity contribution < 1.29 is 9.13 Å². The number of halogens is 3. The zero-order valence-corrected chi connectivity index (χ0v) is 24.1. The molecule has 1 aliphatic heterocycles. The highest BCUT2D eigenvalue weighted by atomic mass is 79.9. The SMILES string of the molecule is Fc1ccc(COc2c(Br)cc(/C=N/Nc3nc(Nc4ccccc4)nc(N4CCCCC4)n3)cc2Br)cc1. The number of hydrogen-bond donors (Lipinski definition) is 2. The Kier molecular flexibility index (Phi) is 9.00. The van der Waals surface area contributed by atoms with Crippen LogP contribution in [0.15, 0.2) is 80.8 Å². The van der Waals surface area contributed by atoms with E-state index < -0.39 is 0 Å². The number of aromatic nitrogens is 3. The largest absolute Gasteiger partial charge is 0.487 e. The molecule has 11 heteroatoms. The van der Waals surface area contributed by atoms with Gasteiger partial charge in [0.05, 0.1) is 15.2 Å². The van der Waals surface area contributed by atoms with Gasteiger partial charge in [-0.3, -0.25) is 0 Å². The van der Waals surface area contributed by atoms with E-state index in [1.807, 2.05) is 42.5 Å². The molecule has 1 aliphatic rings. The quantitative estimate of drug-likeness (QED) is 0.145. The summed E-state index contributed by atoms with van der Waals surface area (Å²) in [6.07, 6.45) is 5.12. The lowest BCUT2D eigenvalue weighted by Crippen LogP contribution is -2.31. The summed E-state index contributed by atoms with van der Waals surface area (Å²) in [5.74, 6) is 1.78. The predicted octanol–water partition coefficient (Wildman–Crippen LogP) is 7.29. The maximum absolute atomic E-state index is 13.2. The van der Waals surface area contributed by atoms with Gasteiger partial charge in [0.25, 0.3) is 0 Å². The molecule has 0 atom stereocenters. The molecule has 0 spiro atoms. The summed E-state index contributed by atoms with van der Waals surface area (Å²) in [6, 6.07) is 19.8. The molecule has 0 amide bonds. The summed E-state index contributed by atoms with van der Waals surface area (Å²) in [5.41, 5.74) is 5.53. The Hall–Kier alpha value is -3.57. The number of nitrogens with one attached hydrogen (secondary N) is 2. The van der Waals surface area contributed by atoms with Crippen LogP contribution in [0.1, 0.15) is 30.4 Å². The first-order chi connectivity index (χ1) is 19.0. The molecular formula is C28H26Br2FN7O. The van der Waals surface area contributed by atoms with Crippen molar-refractivity contribution in [2.75, 3.05) is 28.7 Å². The summed E-state index contributed by atoms with van der Waals surface area (Å²) in [6.45, 7) is 2.13. The molecule has 0 unspecified atom stereocenters. The number of rotatable bonds is 9. The van der Waals surface area contributed by atoms with E-state index in [1.54, 1.807) is 18.3 Å². The van der Waals surface area contributed by atoms with Crippen LogP contribution < -0.4 is 20.4 Å². The van der Waals surface area contributed by atoms with Crippen LogP contribution in [-0.4, -0.2) is 34.3 Å². The summed E-state index contributed by atoms with van der Waals surface area (Å²) >= 11 is 7.14. The summed E-state index contributed by atoms with van der Waals surface area (Å²) in [5, 5.41) is 7.62. The molecule has 39 heavy (non-hydrogen) atoms. The molecule has 0 saturated carbocycles. The Morgan fingerprint density at radius 2 is 1.59 bits per heavy atom. The van der Waals surface area contributed by atoms with Crippen LogP contribution >= 0.6 is 31.9 Å². The summed E-state index contributed by atoms with van der Waals surface area (Å²) in [4.78, 5) is 16.0. The average Bonchev–Trinajstić information content (AvgIpc) is 2.94. The Balaban J connectivity index is 1.29. The maximum Gasteiger partial charge on any atom is 0.250 e. The van der Waals surface area contributed by atoms with Gasteiger partial charge in [0.2, 0.25) is 17.8 Å². The number of hydrazone groups is 1. The minimum absolute atomic E-state index is 0.276. The fraction of sp³-hybridized carbons (Fsp3) is 0.214. The van der Waals surface area contributed by atoms with Crippen molar-refractivity contribution in [3.8, 4) is 5.75 Å². The third kappa shape index (κ3) is 7.51. The first-order valence-electron chi connectivity index (χ1n) is 12.5. The Morgan fingerprint density at radius 3 is 2.31 bits per heavy atom. The zero-order valence-electron chi connectivity index (χ0n) is 20.9. The van der Waals surface area contributed by atoms with Crippen molar-refractivity contribution in [1.29, 1.82) is 0 Å². The van der Waals surface area contributed by atoms with Gasteiger partial charge < -0.3 is 15.0 Å². The molecule has 200 valence electrons. The molecule has 1 saturated heterocycles. The molecule has 8 nitrogen and oxygen atoms in total. The van der Waals surface area contributed by atoms with Crippen LogP contribution in [0.25, 0.3) is 0 Å². The number of nitrogens with zero attached hydrogens (tertiary/aromatic N) is 5. The van der Waals surface area contributed by atoms with Gasteiger partial charge in [0.15, 0.2) is 0 Å². The molecular weight excluding hydrogens is 629 g/mol. The molecule has 5 rings (SSSR count). The van der Waals surface area contributed by atoms with E-state index in [0.29, 0.717) is 30.2 Å². The number of hydrogen-bond acceptors (Lipinski definition) is 8.